The number of rotatable bonds is 6. The van der Waals surface area contributed by atoms with Crippen molar-refractivity contribution < 1.29 is 0 Å². The molecular formula is C29H33N7. The summed E-state index contributed by atoms with van der Waals surface area (Å²) in [6, 6.07) is 17.5. The monoisotopic (exact) mass is 479 g/mol. The van der Waals surface area contributed by atoms with Gasteiger partial charge in [-0.2, -0.15) is 19.6 Å². The van der Waals surface area contributed by atoms with E-state index in [1.165, 1.54) is 27.8 Å². The molecule has 1 aliphatic heterocycles. The molecule has 2 aromatic heterocycles. The van der Waals surface area contributed by atoms with Gasteiger partial charge in [-0.05, 0) is 53.0 Å². The first-order valence-corrected chi connectivity index (χ1v) is 12.9. The molecule has 0 bridgehead atoms. The van der Waals surface area contributed by atoms with Crippen LogP contribution in [0.1, 0.15) is 60.4 Å². The predicted molar refractivity (Wildman–Crippen MR) is 146 cm³/mol. The molecule has 1 aliphatic carbocycles. The van der Waals surface area contributed by atoms with Crippen molar-refractivity contribution in [3.63, 3.8) is 0 Å². The summed E-state index contributed by atoms with van der Waals surface area (Å²) in [5.41, 5.74) is 14.7. The summed E-state index contributed by atoms with van der Waals surface area (Å²) < 4.78 is 1.85. The Balaban J connectivity index is 1.32. The zero-order valence-electron chi connectivity index (χ0n) is 21.0. The van der Waals surface area contributed by atoms with Crippen molar-refractivity contribution in [2.24, 2.45) is 5.73 Å². The van der Waals surface area contributed by atoms with Crippen LogP contribution >= 0.6 is 0 Å². The van der Waals surface area contributed by atoms with Crippen LogP contribution in [0, 0.1) is 0 Å². The highest BCUT2D eigenvalue weighted by atomic mass is 15.4. The van der Waals surface area contributed by atoms with E-state index in [9.17, 15) is 0 Å². The molecule has 1 saturated heterocycles. The minimum atomic E-state index is 0.260. The quantitative estimate of drug-likeness (QED) is 0.410. The van der Waals surface area contributed by atoms with Gasteiger partial charge in [-0.15, -0.1) is 0 Å². The third kappa shape index (κ3) is 4.24. The second kappa shape index (κ2) is 9.39. The normalized spacial score (nSPS) is 16.0. The Morgan fingerprint density at radius 2 is 1.81 bits per heavy atom. The Morgan fingerprint density at radius 1 is 1.03 bits per heavy atom. The van der Waals surface area contributed by atoms with Gasteiger partial charge in [0.05, 0.1) is 6.20 Å². The SMILES string of the molecule is CC(C)c1cnn2c(NCc3ccccc3C3=Cc4ccccc4C3)nc(N3CCC(N)CC3)nc12. The van der Waals surface area contributed by atoms with Crippen LogP contribution in [0.2, 0.25) is 0 Å². The van der Waals surface area contributed by atoms with Crippen LogP contribution in [-0.4, -0.2) is 38.7 Å². The molecule has 2 aliphatic rings. The zero-order valence-corrected chi connectivity index (χ0v) is 21.0. The summed E-state index contributed by atoms with van der Waals surface area (Å²) in [7, 11) is 0. The van der Waals surface area contributed by atoms with Crippen molar-refractivity contribution in [3.8, 4) is 0 Å². The molecule has 7 heteroatoms. The van der Waals surface area contributed by atoms with Crippen LogP contribution in [0.15, 0.2) is 54.7 Å². The molecule has 6 rings (SSSR count). The number of fused-ring (bicyclic) bond motifs is 2. The first-order valence-electron chi connectivity index (χ1n) is 12.9. The summed E-state index contributed by atoms with van der Waals surface area (Å²) in [4.78, 5) is 12.1. The maximum Gasteiger partial charge on any atom is 0.230 e. The van der Waals surface area contributed by atoms with Gasteiger partial charge in [-0.25, -0.2) is 0 Å². The first-order chi connectivity index (χ1) is 17.6. The Kier molecular flexibility index (Phi) is 5.93. The van der Waals surface area contributed by atoms with Crippen LogP contribution in [0.5, 0.6) is 0 Å². The molecule has 1 fully saturated rings. The number of nitrogens with zero attached hydrogens (tertiary/aromatic N) is 5. The van der Waals surface area contributed by atoms with Gasteiger partial charge in [0.25, 0.3) is 0 Å². The fraction of sp³-hybridized carbons (Fsp3) is 0.345. The van der Waals surface area contributed by atoms with Crippen molar-refractivity contribution >= 4 is 29.2 Å². The maximum absolute atomic E-state index is 6.15. The standard InChI is InChI=1S/C29H33N7/c1-19(2)26-18-32-36-27(26)33-29(35-13-11-24(30)12-14-35)34-28(36)31-17-22-9-5-6-10-25(22)23-15-20-7-3-4-8-21(20)16-23/h3-10,15,18-19,24H,11-14,16-17,30H2,1-2H3,(H,31,33,34). The van der Waals surface area contributed by atoms with Crippen molar-refractivity contribution in [3.05, 3.63) is 82.5 Å². The van der Waals surface area contributed by atoms with Crippen molar-refractivity contribution in [2.45, 2.75) is 51.6 Å². The molecule has 0 unspecified atom stereocenters. The molecule has 7 nitrogen and oxygen atoms in total. The van der Waals surface area contributed by atoms with Gasteiger partial charge in [-0.3, -0.25) is 0 Å². The van der Waals surface area contributed by atoms with E-state index in [4.69, 9.17) is 15.7 Å². The van der Waals surface area contributed by atoms with Crippen LogP contribution in [-0.2, 0) is 13.0 Å². The summed E-state index contributed by atoms with van der Waals surface area (Å²) in [5.74, 6) is 1.79. The summed E-state index contributed by atoms with van der Waals surface area (Å²) in [5, 5.41) is 8.26. The summed E-state index contributed by atoms with van der Waals surface area (Å²) in [6.45, 7) is 6.75. The minimum absolute atomic E-state index is 0.260. The lowest BCUT2D eigenvalue weighted by Crippen LogP contribution is -2.40. The van der Waals surface area contributed by atoms with Crippen LogP contribution in [0.3, 0.4) is 0 Å². The molecule has 3 N–H and O–H groups in total. The van der Waals surface area contributed by atoms with E-state index >= 15 is 0 Å². The number of anilines is 2. The van der Waals surface area contributed by atoms with E-state index in [-0.39, 0.29) is 6.04 Å². The van der Waals surface area contributed by atoms with Gasteiger partial charge in [-0.1, -0.05) is 68.5 Å². The van der Waals surface area contributed by atoms with Crippen molar-refractivity contribution in [1.82, 2.24) is 19.6 Å². The highest BCUT2D eigenvalue weighted by Crippen LogP contribution is 2.33. The highest BCUT2D eigenvalue weighted by Gasteiger charge is 2.22. The topological polar surface area (TPSA) is 84.4 Å². The molecule has 2 aromatic carbocycles. The van der Waals surface area contributed by atoms with E-state index < -0.39 is 0 Å². The maximum atomic E-state index is 6.15. The van der Waals surface area contributed by atoms with Crippen molar-refractivity contribution in [2.75, 3.05) is 23.3 Å². The van der Waals surface area contributed by atoms with Crippen molar-refractivity contribution in [1.29, 1.82) is 0 Å². The Morgan fingerprint density at radius 3 is 2.61 bits per heavy atom. The number of piperidine rings is 1. The number of nitrogens with two attached hydrogens (primary N) is 1. The Labute approximate surface area is 212 Å². The van der Waals surface area contributed by atoms with E-state index in [1.807, 2.05) is 10.7 Å². The highest BCUT2D eigenvalue weighted by molar-refractivity contribution is 5.89. The van der Waals surface area contributed by atoms with E-state index in [2.05, 4.69) is 83.8 Å². The van der Waals surface area contributed by atoms with Crippen LogP contribution in [0.25, 0.3) is 17.3 Å². The van der Waals surface area contributed by atoms with Gasteiger partial charge in [0.2, 0.25) is 11.9 Å². The van der Waals surface area contributed by atoms with Crippen LogP contribution < -0.4 is 16.0 Å². The van der Waals surface area contributed by atoms with Crippen LogP contribution in [0.4, 0.5) is 11.9 Å². The van der Waals surface area contributed by atoms with Gasteiger partial charge in [0.1, 0.15) is 0 Å². The lowest BCUT2D eigenvalue weighted by Gasteiger charge is -2.30. The minimum Gasteiger partial charge on any atom is -0.350 e. The molecule has 0 radical (unpaired) electrons. The van der Waals surface area contributed by atoms with E-state index in [0.717, 1.165) is 55.5 Å². The second-order valence-corrected chi connectivity index (χ2v) is 10.2. The number of benzene rings is 2. The molecule has 4 aromatic rings. The fourth-order valence-electron chi connectivity index (χ4n) is 5.26. The molecule has 0 spiro atoms. The summed E-state index contributed by atoms with van der Waals surface area (Å²) >= 11 is 0. The van der Waals surface area contributed by atoms with Gasteiger partial charge < -0.3 is 16.0 Å². The first kappa shape index (κ1) is 22.7. The van der Waals surface area contributed by atoms with E-state index in [0.29, 0.717) is 12.5 Å². The molecule has 0 atom stereocenters. The molecule has 184 valence electrons. The molecule has 3 heterocycles. The average Bonchev–Trinajstić information content (AvgIpc) is 3.52. The molecular weight excluding hydrogens is 446 g/mol. The zero-order chi connectivity index (χ0) is 24.6. The number of aromatic nitrogens is 4. The lowest BCUT2D eigenvalue weighted by atomic mass is 9.98. The molecule has 36 heavy (non-hydrogen) atoms. The number of hydrogen-bond donors (Lipinski definition) is 2. The Bertz CT molecular complexity index is 1430. The summed E-state index contributed by atoms with van der Waals surface area (Å²) in [6.07, 6.45) is 7.11. The largest absolute Gasteiger partial charge is 0.350 e. The van der Waals surface area contributed by atoms with Gasteiger partial charge in [0.15, 0.2) is 5.65 Å². The molecule has 0 saturated carbocycles. The fourth-order valence-corrected chi connectivity index (χ4v) is 5.26. The van der Waals surface area contributed by atoms with Gasteiger partial charge >= 0.3 is 0 Å². The third-order valence-electron chi connectivity index (χ3n) is 7.39. The van der Waals surface area contributed by atoms with E-state index in [1.54, 1.807) is 0 Å². The number of nitrogens with one attached hydrogen (secondary N) is 1. The second-order valence-electron chi connectivity index (χ2n) is 10.2. The Hall–Kier alpha value is -3.71. The number of hydrogen-bond acceptors (Lipinski definition) is 6. The predicted octanol–water partition coefficient (Wildman–Crippen LogP) is 4.88. The smallest absolute Gasteiger partial charge is 0.230 e. The van der Waals surface area contributed by atoms with Gasteiger partial charge in [0, 0.05) is 31.2 Å². The lowest BCUT2D eigenvalue weighted by molar-refractivity contribution is 0.495. The third-order valence-corrected chi connectivity index (χ3v) is 7.39. The average molecular weight is 480 g/mol. The number of allylic oxidation sites excluding steroid dienone is 1. The molecule has 0 amide bonds.